The molecule has 0 aliphatic carbocycles. The van der Waals surface area contributed by atoms with Crippen molar-refractivity contribution >= 4 is 21.9 Å². The van der Waals surface area contributed by atoms with Crippen LogP contribution < -0.4 is 4.74 Å². The summed E-state index contributed by atoms with van der Waals surface area (Å²) >= 11 is 0. The first-order valence-corrected chi connectivity index (χ1v) is 9.96. The normalized spacial score (nSPS) is 16.0. The molecule has 26 heavy (non-hydrogen) atoms. The standard InChI is InChI=1S/C19H22N2O4S/c1-25-18-10-9-16(20-14-15-7-3-4-8-17(15)22)13-19(18)26(23,24)21-11-5-2-6-12-21/h3-4,7-10,13-14,22H,2,5-6,11-12H2,1H3. The van der Waals surface area contributed by atoms with Gasteiger partial charge in [0.1, 0.15) is 16.4 Å². The van der Waals surface area contributed by atoms with Gasteiger partial charge in [0.05, 0.1) is 12.8 Å². The molecule has 3 rings (SSSR count). The quantitative estimate of drug-likeness (QED) is 0.814. The molecule has 7 heteroatoms. The number of rotatable bonds is 5. The number of aromatic hydroxyl groups is 1. The molecule has 0 atom stereocenters. The second kappa shape index (κ2) is 7.88. The van der Waals surface area contributed by atoms with E-state index in [-0.39, 0.29) is 10.6 Å². The Hall–Kier alpha value is -2.38. The van der Waals surface area contributed by atoms with Crippen molar-refractivity contribution in [2.45, 2.75) is 24.2 Å². The minimum Gasteiger partial charge on any atom is -0.507 e. The van der Waals surface area contributed by atoms with Crippen LogP contribution in [0, 0.1) is 0 Å². The lowest BCUT2D eigenvalue weighted by atomic mass is 10.2. The predicted octanol–water partition coefficient (Wildman–Crippen LogP) is 3.33. The lowest BCUT2D eigenvalue weighted by molar-refractivity contribution is 0.343. The van der Waals surface area contributed by atoms with Crippen molar-refractivity contribution < 1.29 is 18.3 Å². The summed E-state index contributed by atoms with van der Waals surface area (Å²) in [4.78, 5) is 4.43. The monoisotopic (exact) mass is 374 g/mol. The van der Waals surface area contributed by atoms with Crippen molar-refractivity contribution in [2.24, 2.45) is 4.99 Å². The zero-order chi connectivity index (χ0) is 18.6. The molecule has 2 aromatic carbocycles. The van der Waals surface area contributed by atoms with E-state index in [9.17, 15) is 13.5 Å². The van der Waals surface area contributed by atoms with Crippen molar-refractivity contribution in [1.29, 1.82) is 0 Å². The van der Waals surface area contributed by atoms with E-state index in [4.69, 9.17) is 4.74 Å². The summed E-state index contributed by atoms with van der Waals surface area (Å²) in [6.45, 7) is 1.05. The summed E-state index contributed by atoms with van der Waals surface area (Å²) in [7, 11) is -2.18. The molecule has 0 aromatic heterocycles. The molecule has 2 aromatic rings. The minimum atomic E-state index is -3.63. The zero-order valence-electron chi connectivity index (χ0n) is 14.6. The summed E-state index contributed by atoms with van der Waals surface area (Å²) in [6.07, 6.45) is 4.29. The number of ether oxygens (including phenoxy) is 1. The van der Waals surface area contributed by atoms with Gasteiger partial charge in [-0.15, -0.1) is 0 Å². The average Bonchev–Trinajstić information content (AvgIpc) is 2.68. The van der Waals surface area contributed by atoms with E-state index < -0.39 is 10.0 Å². The van der Waals surface area contributed by atoms with Crippen LogP contribution in [0.25, 0.3) is 0 Å². The fourth-order valence-electron chi connectivity index (χ4n) is 2.93. The first kappa shape index (κ1) is 18.4. The predicted molar refractivity (Wildman–Crippen MR) is 101 cm³/mol. The average molecular weight is 374 g/mol. The van der Waals surface area contributed by atoms with E-state index in [1.54, 1.807) is 36.4 Å². The first-order chi connectivity index (χ1) is 12.5. The van der Waals surface area contributed by atoms with Crippen LogP contribution in [0.3, 0.4) is 0 Å². The largest absolute Gasteiger partial charge is 0.507 e. The van der Waals surface area contributed by atoms with Gasteiger partial charge in [-0.1, -0.05) is 18.6 Å². The smallest absolute Gasteiger partial charge is 0.246 e. The van der Waals surface area contributed by atoms with Gasteiger partial charge in [0, 0.05) is 24.9 Å². The van der Waals surface area contributed by atoms with Crippen LogP contribution in [0.5, 0.6) is 11.5 Å². The molecule has 0 amide bonds. The van der Waals surface area contributed by atoms with E-state index in [1.165, 1.54) is 23.7 Å². The number of sulfonamides is 1. The fourth-order valence-corrected chi connectivity index (χ4v) is 4.62. The number of hydrogen-bond acceptors (Lipinski definition) is 5. The molecular weight excluding hydrogens is 352 g/mol. The Morgan fingerprint density at radius 3 is 2.54 bits per heavy atom. The highest BCUT2D eigenvalue weighted by Crippen LogP contribution is 2.32. The Morgan fingerprint density at radius 1 is 1.12 bits per heavy atom. The van der Waals surface area contributed by atoms with Crippen LogP contribution >= 0.6 is 0 Å². The third-order valence-corrected chi connectivity index (χ3v) is 6.29. The molecule has 0 saturated carbocycles. The van der Waals surface area contributed by atoms with Gasteiger partial charge < -0.3 is 9.84 Å². The van der Waals surface area contributed by atoms with Crippen LogP contribution in [0.1, 0.15) is 24.8 Å². The molecule has 0 radical (unpaired) electrons. The molecule has 0 bridgehead atoms. The Kier molecular flexibility index (Phi) is 5.58. The van der Waals surface area contributed by atoms with E-state index >= 15 is 0 Å². The van der Waals surface area contributed by atoms with Gasteiger partial charge in [0.25, 0.3) is 0 Å². The number of nitrogens with zero attached hydrogens (tertiary/aromatic N) is 2. The van der Waals surface area contributed by atoms with Gasteiger partial charge in [0.2, 0.25) is 10.0 Å². The van der Waals surface area contributed by atoms with Crippen LogP contribution in [0.4, 0.5) is 5.69 Å². The minimum absolute atomic E-state index is 0.117. The highest BCUT2D eigenvalue weighted by atomic mass is 32.2. The number of phenols is 1. The molecule has 1 aliphatic heterocycles. The zero-order valence-corrected chi connectivity index (χ0v) is 15.4. The van der Waals surface area contributed by atoms with E-state index in [0.29, 0.717) is 30.1 Å². The van der Waals surface area contributed by atoms with Gasteiger partial charge in [-0.05, 0) is 43.2 Å². The summed E-state index contributed by atoms with van der Waals surface area (Å²) in [5, 5.41) is 9.81. The van der Waals surface area contributed by atoms with Gasteiger partial charge >= 0.3 is 0 Å². The molecule has 1 heterocycles. The SMILES string of the molecule is COc1ccc(N=Cc2ccccc2O)cc1S(=O)(=O)N1CCCCC1. The van der Waals surface area contributed by atoms with E-state index in [0.717, 1.165) is 19.3 Å². The molecule has 138 valence electrons. The van der Waals surface area contributed by atoms with Gasteiger partial charge in [-0.2, -0.15) is 4.31 Å². The topological polar surface area (TPSA) is 79.2 Å². The van der Waals surface area contributed by atoms with Crippen molar-refractivity contribution in [3.05, 3.63) is 48.0 Å². The lowest BCUT2D eigenvalue weighted by Crippen LogP contribution is -2.35. The number of benzene rings is 2. The maximum atomic E-state index is 13.0. The summed E-state index contributed by atoms with van der Waals surface area (Å²) in [5.74, 6) is 0.419. The van der Waals surface area contributed by atoms with Crippen LogP contribution in [-0.2, 0) is 10.0 Å². The third-order valence-electron chi connectivity index (χ3n) is 4.37. The second-order valence-corrected chi connectivity index (χ2v) is 8.02. The van der Waals surface area contributed by atoms with Crippen molar-refractivity contribution in [2.75, 3.05) is 20.2 Å². The maximum absolute atomic E-state index is 13.0. The van der Waals surface area contributed by atoms with E-state index in [2.05, 4.69) is 4.99 Å². The third kappa shape index (κ3) is 3.89. The molecule has 1 aliphatic rings. The first-order valence-electron chi connectivity index (χ1n) is 8.52. The number of piperidine rings is 1. The van der Waals surface area contributed by atoms with Crippen molar-refractivity contribution in [3.8, 4) is 11.5 Å². The Morgan fingerprint density at radius 2 is 1.85 bits per heavy atom. The van der Waals surface area contributed by atoms with Crippen LogP contribution in [0.2, 0.25) is 0 Å². The number of hydrogen-bond donors (Lipinski definition) is 1. The summed E-state index contributed by atoms with van der Waals surface area (Å²) in [6, 6.07) is 11.6. The molecule has 6 nitrogen and oxygen atoms in total. The number of methoxy groups -OCH3 is 1. The highest BCUT2D eigenvalue weighted by molar-refractivity contribution is 7.89. The molecular formula is C19H22N2O4S. The van der Waals surface area contributed by atoms with Gasteiger partial charge in [0.15, 0.2) is 0 Å². The van der Waals surface area contributed by atoms with Crippen molar-refractivity contribution in [3.63, 3.8) is 0 Å². The molecule has 1 N–H and O–H groups in total. The summed E-state index contributed by atoms with van der Waals surface area (Å²) in [5.41, 5.74) is 1.04. The number of phenolic OH excluding ortho intramolecular Hbond substituents is 1. The Balaban J connectivity index is 1.95. The Labute approximate surface area is 153 Å². The lowest BCUT2D eigenvalue weighted by Gasteiger charge is -2.26. The second-order valence-electron chi connectivity index (χ2n) is 6.12. The molecule has 0 unspecified atom stereocenters. The highest BCUT2D eigenvalue weighted by Gasteiger charge is 2.29. The molecule has 1 fully saturated rings. The van der Waals surface area contributed by atoms with E-state index in [1.807, 2.05) is 0 Å². The van der Waals surface area contributed by atoms with Crippen LogP contribution in [0.15, 0.2) is 52.4 Å². The number of aliphatic imine (C=N–C) groups is 1. The van der Waals surface area contributed by atoms with Gasteiger partial charge in [-0.3, -0.25) is 4.99 Å². The fraction of sp³-hybridized carbons (Fsp3) is 0.316. The molecule has 0 spiro atoms. The van der Waals surface area contributed by atoms with Crippen molar-refractivity contribution in [1.82, 2.24) is 4.31 Å². The molecule has 1 saturated heterocycles. The van der Waals surface area contributed by atoms with Gasteiger partial charge in [-0.25, -0.2) is 8.42 Å². The van der Waals surface area contributed by atoms with Crippen LogP contribution in [-0.4, -0.2) is 44.2 Å². The number of para-hydroxylation sites is 1. The Bertz CT molecular complexity index is 904. The summed E-state index contributed by atoms with van der Waals surface area (Å²) < 4.78 is 32.8. The maximum Gasteiger partial charge on any atom is 0.246 e.